The number of furan rings is 1. The third-order valence-electron chi connectivity index (χ3n) is 4.00. The normalized spacial score (nSPS) is 11.0. The highest BCUT2D eigenvalue weighted by molar-refractivity contribution is 6.33. The molecule has 144 valence electrons. The van der Waals surface area contributed by atoms with E-state index in [9.17, 15) is 20.2 Å². The summed E-state index contributed by atoms with van der Waals surface area (Å²) >= 11 is 6.10. The number of carbonyl (C=O) groups excluding carboxylic acids is 1. The molecule has 0 unspecified atom stereocenters. The third-order valence-corrected chi connectivity index (χ3v) is 4.32. The average Bonchev–Trinajstić information content (AvgIpc) is 3.19. The molecule has 0 fully saturated rings. The van der Waals surface area contributed by atoms with Gasteiger partial charge in [0.1, 0.15) is 23.2 Å². The summed E-state index contributed by atoms with van der Waals surface area (Å²) in [4.78, 5) is 22.5. The van der Waals surface area contributed by atoms with Gasteiger partial charge in [-0.1, -0.05) is 41.9 Å². The first-order chi connectivity index (χ1) is 14.0. The fourth-order valence-corrected chi connectivity index (χ4v) is 2.82. The van der Waals surface area contributed by atoms with Crippen LogP contribution in [0.2, 0.25) is 5.02 Å². The molecule has 3 aromatic rings. The Morgan fingerprint density at radius 2 is 1.97 bits per heavy atom. The van der Waals surface area contributed by atoms with Gasteiger partial charge in [0.05, 0.1) is 9.95 Å². The van der Waals surface area contributed by atoms with E-state index >= 15 is 0 Å². The van der Waals surface area contributed by atoms with Gasteiger partial charge in [-0.25, -0.2) is 0 Å². The summed E-state index contributed by atoms with van der Waals surface area (Å²) in [5.74, 6) is 0.113. The van der Waals surface area contributed by atoms with Crippen molar-refractivity contribution in [2.75, 3.05) is 0 Å². The summed E-state index contributed by atoms with van der Waals surface area (Å²) < 4.78 is 5.63. The minimum atomic E-state index is -0.542. The Balaban J connectivity index is 1.76. The molecule has 0 saturated carbocycles. The number of nitrogens with one attached hydrogen (secondary N) is 1. The fraction of sp³-hybridized carbons (Fsp3) is 0.0476. The lowest BCUT2D eigenvalue weighted by Crippen LogP contribution is -2.23. The average molecular weight is 408 g/mol. The van der Waals surface area contributed by atoms with Gasteiger partial charge >= 0.3 is 0 Å². The summed E-state index contributed by atoms with van der Waals surface area (Å²) in [6.07, 6.45) is 1.32. The first-order valence-electron chi connectivity index (χ1n) is 8.46. The van der Waals surface area contributed by atoms with Crippen molar-refractivity contribution in [3.63, 3.8) is 0 Å². The zero-order valence-electron chi connectivity index (χ0n) is 15.0. The number of carbonyl (C=O) groups is 1. The summed E-state index contributed by atoms with van der Waals surface area (Å²) in [6.45, 7) is 0.292. The molecule has 0 aliphatic carbocycles. The van der Waals surface area contributed by atoms with Gasteiger partial charge in [0.2, 0.25) is 0 Å². The van der Waals surface area contributed by atoms with Gasteiger partial charge in [0, 0.05) is 30.3 Å². The molecule has 0 atom stereocenters. The van der Waals surface area contributed by atoms with Gasteiger partial charge in [0.25, 0.3) is 11.6 Å². The van der Waals surface area contributed by atoms with Crippen LogP contribution in [-0.4, -0.2) is 10.8 Å². The van der Waals surface area contributed by atoms with E-state index in [2.05, 4.69) is 5.32 Å². The van der Waals surface area contributed by atoms with Crippen molar-refractivity contribution in [2.45, 2.75) is 6.54 Å². The highest BCUT2D eigenvalue weighted by Crippen LogP contribution is 2.32. The number of amides is 1. The smallest absolute Gasteiger partial charge is 0.270 e. The Labute approximate surface area is 171 Å². The lowest BCUT2D eigenvalue weighted by Gasteiger charge is -2.04. The number of halogens is 1. The summed E-state index contributed by atoms with van der Waals surface area (Å²) in [5.41, 5.74) is 1.12. The zero-order valence-corrected chi connectivity index (χ0v) is 15.7. The number of nitro groups is 1. The highest BCUT2D eigenvalue weighted by atomic mass is 35.5. The van der Waals surface area contributed by atoms with Crippen LogP contribution in [0.4, 0.5) is 5.69 Å². The molecular formula is C21H14ClN3O4. The predicted octanol–water partition coefficient (Wildman–Crippen LogP) is 4.73. The van der Waals surface area contributed by atoms with Gasteiger partial charge in [-0.2, -0.15) is 5.26 Å². The molecule has 7 nitrogen and oxygen atoms in total. The monoisotopic (exact) mass is 407 g/mol. The van der Waals surface area contributed by atoms with Crippen molar-refractivity contribution in [1.82, 2.24) is 5.32 Å². The van der Waals surface area contributed by atoms with E-state index in [1.165, 1.54) is 24.3 Å². The predicted molar refractivity (Wildman–Crippen MR) is 108 cm³/mol. The number of nitrogens with zero attached hydrogens (tertiary/aromatic N) is 2. The van der Waals surface area contributed by atoms with Gasteiger partial charge in [0.15, 0.2) is 0 Å². The van der Waals surface area contributed by atoms with E-state index < -0.39 is 10.8 Å². The molecule has 0 spiro atoms. The van der Waals surface area contributed by atoms with Crippen LogP contribution in [-0.2, 0) is 11.3 Å². The number of nitriles is 1. The molecule has 0 radical (unpaired) electrons. The largest absolute Gasteiger partial charge is 0.457 e. The first kappa shape index (κ1) is 19.9. The van der Waals surface area contributed by atoms with Crippen LogP contribution in [0.5, 0.6) is 0 Å². The fourth-order valence-electron chi connectivity index (χ4n) is 2.56. The van der Waals surface area contributed by atoms with Gasteiger partial charge in [-0.3, -0.25) is 14.9 Å². The molecule has 8 heteroatoms. The van der Waals surface area contributed by atoms with Gasteiger partial charge in [-0.15, -0.1) is 0 Å². The molecule has 1 aromatic heterocycles. The SMILES string of the molecule is N#CC(=Cc1ccc(-c2ccc([N+](=O)[O-])cc2Cl)o1)C(=O)NCc1ccccc1. The molecule has 0 aliphatic heterocycles. The molecule has 0 aliphatic rings. The Hall–Kier alpha value is -3.89. The molecule has 29 heavy (non-hydrogen) atoms. The van der Waals surface area contributed by atoms with Gasteiger partial charge in [-0.05, 0) is 23.8 Å². The lowest BCUT2D eigenvalue weighted by atomic mass is 10.1. The van der Waals surface area contributed by atoms with Crippen molar-refractivity contribution in [1.29, 1.82) is 5.26 Å². The van der Waals surface area contributed by atoms with Crippen molar-refractivity contribution >= 4 is 29.3 Å². The summed E-state index contributed by atoms with van der Waals surface area (Å²) in [5, 5.41) is 22.9. The second-order valence-electron chi connectivity index (χ2n) is 5.96. The van der Waals surface area contributed by atoms with Crippen LogP contribution in [0, 0.1) is 21.4 Å². The van der Waals surface area contributed by atoms with E-state index in [-0.39, 0.29) is 22.0 Å². The number of non-ortho nitro benzene ring substituents is 1. The maximum atomic E-state index is 12.3. The maximum absolute atomic E-state index is 12.3. The van der Waals surface area contributed by atoms with E-state index in [1.54, 1.807) is 12.1 Å². The molecule has 2 aromatic carbocycles. The second kappa shape index (κ2) is 8.87. The van der Waals surface area contributed by atoms with Crippen LogP contribution < -0.4 is 5.32 Å². The van der Waals surface area contributed by atoms with E-state index in [4.69, 9.17) is 16.0 Å². The standard InChI is InChI=1S/C21H14ClN3O4/c22-19-11-16(25(27)28)6-8-18(19)20-9-7-17(29-20)10-15(12-23)21(26)24-13-14-4-2-1-3-5-14/h1-11H,13H2,(H,24,26). The highest BCUT2D eigenvalue weighted by Gasteiger charge is 2.14. The lowest BCUT2D eigenvalue weighted by molar-refractivity contribution is -0.384. The maximum Gasteiger partial charge on any atom is 0.270 e. The Kier molecular flexibility index (Phi) is 6.07. The molecule has 3 rings (SSSR count). The van der Waals surface area contributed by atoms with E-state index in [0.29, 0.717) is 17.9 Å². The third kappa shape index (κ3) is 4.89. The number of nitro benzene ring substituents is 1. The Bertz CT molecular complexity index is 1130. The molecule has 1 amide bonds. The molecule has 1 heterocycles. The number of hydrogen-bond donors (Lipinski definition) is 1. The number of rotatable bonds is 6. The molecular weight excluding hydrogens is 394 g/mol. The van der Waals surface area contributed by atoms with Crippen molar-refractivity contribution in [3.8, 4) is 17.4 Å². The topological polar surface area (TPSA) is 109 Å². The molecule has 0 bridgehead atoms. The Morgan fingerprint density at radius 1 is 1.21 bits per heavy atom. The summed E-state index contributed by atoms with van der Waals surface area (Å²) in [6, 6.07) is 18.4. The van der Waals surface area contributed by atoms with E-state index in [1.807, 2.05) is 36.4 Å². The Morgan fingerprint density at radius 3 is 2.62 bits per heavy atom. The molecule has 1 N–H and O–H groups in total. The van der Waals surface area contributed by atoms with E-state index in [0.717, 1.165) is 5.56 Å². The number of benzene rings is 2. The van der Waals surface area contributed by atoms with Crippen molar-refractivity contribution < 1.29 is 14.1 Å². The second-order valence-corrected chi connectivity index (χ2v) is 6.37. The quantitative estimate of drug-likeness (QED) is 0.275. The van der Waals surface area contributed by atoms with Crippen LogP contribution in [0.1, 0.15) is 11.3 Å². The first-order valence-corrected chi connectivity index (χ1v) is 8.84. The minimum absolute atomic E-state index is 0.114. The van der Waals surface area contributed by atoms with Crippen LogP contribution >= 0.6 is 11.6 Å². The zero-order chi connectivity index (χ0) is 20.8. The summed E-state index contributed by atoms with van der Waals surface area (Å²) in [7, 11) is 0. The van der Waals surface area contributed by atoms with Gasteiger partial charge < -0.3 is 9.73 Å². The molecule has 0 saturated heterocycles. The van der Waals surface area contributed by atoms with Crippen LogP contribution in [0.3, 0.4) is 0 Å². The van der Waals surface area contributed by atoms with Crippen molar-refractivity contribution in [2.24, 2.45) is 0 Å². The number of hydrogen-bond acceptors (Lipinski definition) is 5. The van der Waals surface area contributed by atoms with Crippen LogP contribution in [0.25, 0.3) is 17.4 Å². The van der Waals surface area contributed by atoms with Crippen LogP contribution in [0.15, 0.2) is 70.7 Å². The van der Waals surface area contributed by atoms with Crippen molar-refractivity contribution in [3.05, 3.63) is 92.7 Å². The minimum Gasteiger partial charge on any atom is -0.457 e.